The summed E-state index contributed by atoms with van der Waals surface area (Å²) in [6.45, 7) is -4.60. The Morgan fingerprint density at radius 3 is 1.33 bits per heavy atom. The molecule has 1 saturated carbocycles. The molecule has 0 amide bonds. The molecule has 144 valence electrons. The first-order valence-electron chi connectivity index (χ1n) is 5.78. The van der Waals surface area contributed by atoms with Crippen molar-refractivity contribution in [3.63, 3.8) is 0 Å². The van der Waals surface area contributed by atoms with E-state index in [1.54, 1.807) is 0 Å². The number of phosphoric acid groups is 2. The van der Waals surface area contributed by atoms with E-state index >= 15 is 0 Å². The number of aliphatic hydroxyl groups excluding tert-OH is 3. The minimum atomic E-state index is -5.33. The predicted octanol–water partition coefficient (Wildman–Crippen LogP) is -3.37. The second kappa shape index (κ2) is 7.71. The lowest BCUT2D eigenvalue weighted by Crippen LogP contribution is -2.65. The summed E-state index contributed by atoms with van der Waals surface area (Å²) in [5.41, 5.74) is 0. The lowest BCUT2D eigenvalue weighted by atomic mass is 9.85. The minimum Gasteiger partial charge on any atom is -0.387 e. The van der Waals surface area contributed by atoms with Crippen molar-refractivity contribution in [1.82, 2.24) is 0 Å². The second-order valence-electron chi connectivity index (χ2n) is 4.65. The molecule has 1 rings (SSSR count). The van der Waals surface area contributed by atoms with Crippen LogP contribution in [0.5, 0.6) is 0 Å². The molecule has 0 bridgehead atoms. The first-order chi connectivity index (χ1) is 10.5. The van der Waals surface area contributed by atoms with E-state index in [0.717, 1.165) is 0 Å². The van der Waals surface area contributed by atoms with E-state index in [1.165, 1.54) is 0 Å². The molecule has 9 N–H and O–H groups in total. The standard InChI is InChI=1S/C6H15O14P3S/c7-1-2(8)5(19-22(13,14)15)6(20-23(16,17)24)3(9)4(1)18-21(10,11)12/h1-9H,(H2,10,11,12)(H2,13,14,15)(H2,16,17,24)/t1-,2+,3+,4-,5-,6-/m1/s1. The first kappa shape index (κ1) is 22.7. The summed E-state index contributed by atoms with van der Waals surface area (Å²) in [5.74, 6) is 0. The van der Waals surface area contributed by atoms with Crippen LogP contribution in [-0.4, -0.2) is 81.3 Å². The third-order valence-electron chi connectivity index (χ3n) is 2.80. The highest BCUT2D eigenvalue weighted by molar-refractivity contribution is 8.06. The van der Waals surface area contributed by atoms with Crippen molar-refractivity contribution < 1.29 is 67.4 Å². The summed E-state index contributed by atoms with van der Waals surface area (Å²) in [4.78, 5) is 53.3. The van der Waals surface area contributed by atoms with Gasteiger partial charge < -0.3 is 44.7 Å². The molecule has 1 aliphatic carbocycles. The van der Waals surface area contributed by atoms with Crippen molar-refractivity contribution in [3.8, 4) is 0 Å². The normalized spacial score (nSPS) is 35.9. The van der Waals surface area contributed by atoms with Crippen molar-refractivity contribution >= 4 is 34.2 Å². The fraction of sp³-hybridized carbons (Fsp3) is 1.00. The van der Waals surface area contributed by atoms with Crippen molar-refractivity contribution in [1.29, 1.82) is 0 Å². The highest BCUT2D eigenvalue weighted by Gasteiger charge is 2.55. The summed E-state index contributed by atoms with van der Waals surface area (Å²) in [6, 6.07) is 0. The fourth-order valence-corrected chi connectivity index (χ4v) is 4.00. The molecule has 0 spiro atoms. The Labute approximate surface area is 139 Å². The van der Waals surface area contributed by atoms with Gasteiger partial charge in [-0.1, -0.05) is 0 Å². The molecule has 0 aromatic rings. The molecule has 0 radical (unpaired) electrons. The van der Waals surface area contributed by atoms with E-state index < -0.39 is 59.0 Å². The molecule has 6 atom stereocenters. The second-order valence-corrected chi connectivity index (χ2v) is 9.66. The molecule has 1 fully saturated rings. The SMILES string of the molecule is O=P(O)(O)O[C@@H]1[C@H](O)[C@H](O)[C@@H](OP(=O)(O)O)[C@H](OP(O)(O)=S)[C@H]1O. The van der Waals surface area contributed by atoms with Crippen LogP contribution in [0.2, 0.25) is 0 Å². The third kappa shape index (κ3) is 6.74. The van der Waals surface area contributed by atoms with Gasteiger partial charge in [0, 0.05) is 0 Å². The zero-order chi connectivity index (χ0) is 19.1. The van der Waals surface area contributed by atoms with Crippen LogP contribution in [0, 0.1) is 0 Å². The zero-order valence-electron chi connectivity index (χ0n) is 11.3. The van der Waals surface area contributed by atoms with E-state index in [0.29, 0.717) is 0 Å². The summed E-state index contributed by atoms with van der Waals surface area (Å²) >= 11 is 4.13. The summed E-state index contributed by atoms with van der Waals surface area (Å²) in [7, 11) is -10.6. The minimum absolute atomic E-state index is 2.21. The van der Waals surface area contributed by atoms with Crippen LogP contribution >= 0.6 is 22.4 Å². The van der Waals surface area contributed by atoms with Crippen LogP contribution in [0.25, 0.3) is 0 Å². The quantitative estimate of drug-likeness (QED) is 0.185. The molecular formula is C6H15O14P3S. The smallest absolute Gasteiger partial charge is 0.387 e. The van der Waals surface area contributed by atoms with Gasteiger partial charge in [-0.05, 0) is 11.8 Å². The highest BCUT2D eigenvalue weighted by atomic mass is 32.5. The van der Waals surface area contributed by atoms with Gasteiger partial charge in [-0.3, -0.25) is 13.6 Å². The van der Waals surface area contributed by atoms with E-state index in [1.807, 2.05) is 0 Å². The van der Waals surface area contributed by atoms with Crippen LogP contribution in [-0.2, 0) is 34.5 Å². The molecule has 0 aromatic heterocycles. The van der Waals surface area contributed by atoms with Crippen molar-refractivity contribution in [2.75, 3.05) is 0 Å². The lowest BCUT2D eigenvalue weighted by Gasteiger charge is -2.44. The van der Waals surface area contributed by atoms with E-state index in [4.69, 9.17) is 29.4 Å². The van der Waals surface area contributed by atoms with Gasteiger partial charge in [0.05, 0.1) is 0 Å². The molecule has 0 unspecified atom stereocenters. The average molecular weight is 436 g/mol. The molecule has 0 aromatic carbocycles. The molecule has 0 heterocycles. The Hall–Kier alpha value is 0.630. The Bertz CT molecular complexity index is 579. The number of hydrogen-bond acceptors (Lipinski definition) is 9. The molecule has 14 nitrogen and oxygen atoms in total. The maximum absolute atomic E-state index is 10.9. The Kier molecular flexibility index (Phi) is 7.28. The van der Waals surface area contributed by atoms with Crippen LogP contribution in [0.1, 0.15) is 0 Å². The predicted molar refractivity (Wildman–Crippen MR) is 75.5 cm³/mol. The molecule has 18 heteroatoms. The van der Waals surface area contributed by atoms with E-state index in [-0.39, 0.29) is 0 Å². The fourth-order valence-electron chi connectivity index (χ4n) is 2.01. The Morgan fingerprint density at radius 1 is 0.625 bits per heavy atom. The van der Waals surface area contributed by atoms with Gasteiger partial charge in [0.15, 0.2) is 0 Å². The van der Waals surface area contributed by atoms with Crippen molar-refractivity contribution in [2.24, 2.45) is 0 Å². The third-order valence-corrected chi connectivity index (χ3v) is 4.61. The van der Waals surface area contributed by atoms with Crippen LogP contribution in [0.3, 0.4) is 0 Å². The maximum Gasteiger partial charge on any atom is 0.470 e. The molecule has 0 aliphatic heterocycles. The number of rotatable bonds is 6. The monoisotopic (exact) mass is 436 g/mol. The van der Waals surface area contributed by atoms with Crippen LogP contribution in [0.15, 0.2) is 0 Å². The Morgan fingerprint density at radius 2 is 0.958 bits per heavy atom. The maximum atomic E-state index is 10.9. The first-order valence-corrected chi connectivity index (χ1v) is 11.5. The molecule has 1 aliphatic rings. The largest absolute Gasteiger partial charge is 0.470 e. The van der Waals surface area contributed by atoms with E-state index in [9.17, 15) is 24.4 Å². The number of phosphoric ester groups is 2. The molecule has 24 heavy (non-hydrogen) atoms. The van der Waals surface area contributed by atoms with Gasteiger partial charge in [-0.15, -0.1) is 0 Å². The Balaban J connectivity index is 3.23. The number of hydrogen-bond donors (Lipinski definition) is 9. The summed E-state index contributed by atoms with van der Waals surface area (Å²) < 4.78 is 34.4. The van der Waals surface area contributed by atoms with Gasteiger partial charge in [0.25, 0.3) is 0 Å². The van der Waals surface area contributed by atoms with Crippen molar-refractivity contribution in [2.45, 2.75) is 36.6 Å². The van der Waals surface area contributed by atoms with Gasteiger partial charge in [0.2, 0.25) is 0 Å². The molecule has 0 saturated heterocycles. The van der Waals surface area contributed by atoms with Crippen molar-refractivity contribution in [3.05, 3.63) is 0 Å². The average Bonchev–Trinajstić information content (AvgIpc) is 2.32. The van der Waals surface area contributed by atoms with Gasteiger partial charge in [-0.25, -0.2) is 9.13 Å². The van der Waals surface area contributed by atoms with Crippen LogP contribution in [0.4, 0.5) is 0 Å². The topological polar surface area (TPSA) is 244 Å². The summed E-state index contributed by atoms with van der Waals surface area (Å²) in [6.07, 6.45) is -13.6. The lowest BCUT2D eigenvalue weighted by molar-refractivity contribution is -0.211. The van der Waals surface area contributed by atoms with Gasteiger partial charge in [0.1, 0.15) is 36.6 Å². The number of aliphatic hydroxyl groups is 3. The van der Waals surface area contributed by atoms with Gasteiger partial charge >= 0.3 is 22.4 Å². The van der Waals surface area contributed by atoms with E-state index in [2.05, 4.69) is 25.4 Å². The highest BCUT2D eigenvalue weighted by Crippen LogP contribution is 2.49. The van der Waals surface area contributed by atoms with Crippen LogP contribution < -0.4 is 0 Å². The van der Waals surface area contributed by atoms with Gasteiger partial charge in [-0.2, -0.15) is 0 Å². The summed E-state index contributed by atoms with van der Waals surface area (Å²) in [5, 5.41) is 29.5. The zero-order valence-corrected chi connectivity index (χ0v) is 14.8. The molecular weight excluding hydrogens is 421 g/mol.